The topological polar surface area (TPSA) is 28.7 Å². The maximum absolute atomic E-state index is 5.74. The number of hydrogen-bond donors (Lipinski definition) is 1. The molecule has 76 valence electrons. The van der Waals surface area contributed by atoms with Crippen molar-refractivity contribution in [3.8, 4) is 0 Å². The first-order valence-corrected chi connectivity index (χ1v) is 5.92. The molecule has 0 fully saturated rings. The molecular weight excluding hydrogens is 216 g/mol. The standard InChI is InChI=1S/C10H13ClN2S/c11-6-9-12-8-5-3-1-2-4-7(8)10(14)13-9/h1-6H2,(H,12,13,14). The van der Waals surface area contributed by atoms with Crippen LogP contribution in [-0.2, 0) is 18.7 Å². The molecule has 4 heteroatoms. The molecule has 1 heterocycles. The normalized spacial score (nSPS) is 16.1. The maximum atomic E-state index is 5.74. The highest BCUT2D eigenvalue weighted by Gasteiger charge is 2.11. The number of alkyl halides is 1. The molecule has 0 aliphatic heterocycles. The SMILES string of the molecule is S=c1nc(CCl)[nH]c2c1CCCCC2. The Bertz CT molecular complexity index is 386. The molecule has 0 unspecified atom stereocenters. The van der Waals surface area contributed by atoms with Crippen molar-refractivity contribution < 1.29 is 0 Å². The molecule has 1 aromatic rings. The van der Waals surface area contributed by atoms with Crippen LogP contribution in [0.25, 0.3) is 0 Å². The number of rotatable bonds is 1. The van der Waals surface area contributed by atoms with Crippen LogP contribution in [-0.4, -0.2) is 9.97 Å². The summed E-state index contributed by atoms with van der Waals surface area (Å²) in [4.78, 5) is 7.56. The summed E-state index contributed by atoms with van der Waals surface area (Å²) in [5.74, 6) is 1.22. The zero-order valence-electron chi connectivity index (χ0n) is 7.98. The molecular formula is C10H13ClN2S. The Balaban J connectivity index is 2.48. The van der Waals surface area contributed by atoms with Gasteiger partial charge in [-0.1, -0.05) is 18.6 Å². The van der Waals surface area contributed by atoms with Gasteiger partial charge in [0, 0.05) is 11.3 Å². The first kappa shape index (κ1) is 10.1. The van der Waals surface area contributed by atoms with E-state index in [0.29, 0.717) is 5.88 Å². The first-order valence-electron chi connectivity index (χ1n) is 4.98. The van der Waals surface area contributed by atoms with Crippen LogP contribution in [0.15, 0.2) is 0 Å². The molecule has 0 saturated carbocycles. The molecule has 0 amide bonds. The second-order valence-electron chi connectivity index (χ2n) is 3.64. The lowest BCUT2D eigenvalue weighted by Gasteiger charge is -2.07. The lowest BCUT2D eigenvalue weighted by Crippen LogP contribution is -2.03. The Morgan fingerprint density at radius 1 is 1.29 bits per heavy atom. The number of nitrogens with one attached hydrogen (secondary N) is 1. The summed E-state index contributed by atoms with van der Waals surface area (Å²) in [6.07, 6.45) is 5.91. The van der Waals surface area contributed by atoms with Crippen molar-refractivity contribution in [1.29, 1.82) is 0 Å². The van der Waals surface area contributed by atoms with Crippen molar-refractivity contribution >= 4 is 23.8 Å². The molecule has 0 atom stereocenters. The van der Waals surface area contributed by atoms with Crippen LogP contribution in [0.1, 0.15) is 36.3 Å². The fourth-order valence-electron chi connectivity index (χ4n) is 1.91. The molecule has 1 aromatic heterocycles. The van der Waals surface area contributed by atoms with Gasteiger partial charge in [0.05, 0.1) is 5.88 Å². The van der Waals surface area contributed by atoms with Crippen LogP contribution in [0.4, 0.5) is 0 Å². The van der Waals surface area contributed by atoms with Crippen molar-refractivity contribution in [3.05, 3.63) is 21.7 Å². The molecule has 2 rings (SSSR count). The molecule has 0 saturated heterocycles. The molecule has 2 nitrogen and oxygen atoms in total. The van der Waals surface area contributed by atoms with E-state index in [9.17, 15) is 0 Å². The van der Waals surface area contributed by atoms with Gasteiger partial charge < -0.3 is 4.98 Å². The smallest absolute Gasteiger partial charge is 0.133 e. The van der Waals surface area contributed by atoms with E-state index in [0.717, 1.165) is 23.3 Å². The Labute approximate surface area is 93.7 Å². The van der Waals surface area contributed by atoms with Crippen LogP contribution in [0.5, 0.6) is 0 Å². The number of fused-ring (bicyclic) bond motifs is 1. The minimum Gasteiger partial charge on any atom is -0.346 e. The molecule has 1 N–H and O–H groups in total. The second kappa shape index (κ2) is 4.41. The van der Waals surface area contributed by atoms with Crippen molar-refractivity contribution in [2.24, 2.45) is 0 Å². The van der Waals surface area contributed by atoms with Gasteiger partial charge in [0.15, 0.2) is 0 Å². The van der Waals surface area contributed by atoms with Crippen LogP contribution in [0.2, 0.25) is 0 Å². The van der Waals surface area contributed by atoms with E-state index in [1.54, 1.807) is 0 Å². The highest BCUT2D eigenvalue weighted by Crippen LogP contribution is 2.19. The van der Waals surface area contributed by atoms with Crippen molar-refractivity contribution in [3.63, 3.8) is 0 Å². The van der Waals surface area contributed by atoms with Gasteiger partial charge in [0.2, 0.25) is 0 Å². The van der Waals surface area contributed by atoms with Crippen molar-refractivity contribution in [1.82, 2.24) is 9.97 Å². The van der Waals surface area contributed by atoms with E-state index in [1.807, 2.05) is 0 Å². The number of aryl methyl sites for hydroxylation is 1. The second-order valence-corrected chi connectivity index (χ2v) is 4.29. The molecule has 0 aromatic carbocycles. The van der Waals surface area contributed by atoms with E-state index < -0.39 is 0 Å². The third-order valence-corrected chi connectivity index (χ3v) is 3.23. The summed E-state index contributed by atoms with van der Waals surface area (Å²) in [6, 6.07) is 0. The highest BCUT2D eigenvalue weighted by atomic mass is 35.5. The zero-order chi connectivity index (χ0) is 9.97. The summed E-state index contributed by atoms with van der Waals surface area (Å²) in [6.45, 7) is 0. The Morgan fingerprint density at radius 2 is 2.07 bits per heavy atom. The fourth-order valence-corrected chi connectivity index (χ4v) is 2.37. The van der Waals surface area contributed by atoms with Gasteiger partial charge >= 0.3 is 0 Å². The highest BCUT2D eigenvalue weighted by molar-refractivity contribution is 7.71. The predicted octanol–water partition coefficient (Wildman–Crippen LogP) is 3.15. The molecule has 1 aliphatic carbocycles. The number of aromatic amines is 1. The average molecular weight is 229 g/mol. The Morgan fingerprint density at radius 3 is 2.86 bits per heavy atom. The van der Waals surface area contributed by atoms with Crippen LogP contribution in [0, 0.1) is 4.64 Å². The number of H-pyrrole nitrogens is 1. The van der Waals surface area contributed by atoms with Gasteiger partial charge in [-0.25, -0.2) is 4.98 Å². The zero-order valence-corrected chi connectivity index (χ0v) is 9.55. The van der Waals surface area contributed by atoms with Gasteiger partial charge in [0.25, 0.3) is 0 Å². The van der Waals surface area contributed by atoms with Gasteiger partial charge in [0.1, 0.15) is 10.5 Å². The summed E-state index contributed by atoms with van der Waals surface area (Å²) in [5, 5.41) is 0. The number of nitrogens with zero attached hydrogens (tertiary/aromatic N) is 1. The maximum Gasteiger partial charge on any atom is 0.133 e. The Hall–Kier alpha value is -0.410. The van der Waals surface area contributed by atoms with E-state index in [-0.39, 0.29) is 0 Å². The first-order chi connectivity index (χ1) is 6.81. The predicted molar refractivity (Wildman–Crippen MR) is 60.2 cm³/mol. The summed E-state index contributed by atoms with van der Waals surface area (Å²) < 4.78 is 0.747. The summed E-state index contributed by atoms with van der Waals surface area (Å²) in [5.41, 5.74) is 2.50. The molecule has 0 radical (unpaired) electrons. The van der Waals surface area contributed by atoms with Crippen molar-refractivity contribution in [2.75, 3.05) is 0 Å². The Kier molecular flexibility index (Phi) is 3.19. The quantitative estimate of drug-likeness (QED) is 0.455. The molecule has 1 aliphatic rings. The minimum atomic E-state index is 0.414. The van der Waals surface area contributed by atoms with E-state index in [4.69, 9.17) is 23.8 Å². The fraction of sp³-hybridized carbons (Fsp3) is 0.600. The van der Waals surface area contributed by atoms with E-state index in [1.165, 1.54) is 30.5 Å². The lowest BCUT2D eigenvalue weighted by atomic mass is 10.1. The van der Waals surface area contributed by atoms with Crippen molar-refractivity contribution in [2.45, 2.75) is 38.0 Å². The third-order valence-electron chi connectivity index (χ3n) is 2.63. The van der Waals surface area contributed by atoms with Gasteiger partial charge in [-0.05, 0) is 25.7 Å². The minimum absolute atomic E-state index is 0.414. The van der Waals surface area contributed by atoms with Gasteiger partial charge in [-0.15, -0.1) is 11.6 Å². The van der Waals surface area contributed by atoms with Gasteiger partial charge in [-0.2, -0.15) is 0 Å². The van der Waals surface area contributed by atoms with Gasteiger partial charge in [-0.3, -0.25) is 0 Å². The molecule has 0 bridgehead atoms. The lowest BCUT2D eigenvalue weighted by molar-refractivity contribution is 0.708. The van der Waals surface area contributed by atoms with Crippen LogP contribution >= 0.6 is 23.8 Å². The van der Waals surface area contributed by atoms with Crippen LogP contribution < -0.4 is 0 Å². The number of aromatic nitrogens is 2. The number of halogens is 1. The third kappa shape index (κ3) is 1.98. The van der Waals surface area contributed by atoms with Crippen LogP contribution in [0.3, 0.4) is 0 Å². The van der Waals surface area contributed by atoms with E-state index in [2.05, 4.69) is 9.97 Å². The summed E-state index contributed by atoms with van der Waals surface area (Å²) in [7, 11) is 0. The van der Waals surface area contributed by atoms with E-state index >= 15 is 0 Å². The average Bonchev–Trinajstić information content (AvgIpc) is 2.42. The molecule has 0 spiro atoms. The molecule has 14 heavy (non-hydrogen) atoms. The monoisotopic (exact) mass is 228 g/mol. The largest absolute Gasteiger partial charge is 0.346 e. The summed E-state index contributed by atoms with van der Waals surface area (Å²) >= 11 is 11.0. The number of hydrogen-bond acceptors (Lipinski definition) is 2.